The van der Waals surface area contributed by atoms with Crippen molar-refractivity contribution in [2.45, 2.75) is 26.8 Å². The van der Waals surface area contributed by atoms with Crippen LogP contribution in [0.5, 0.6) is 5.75 Å². The Bertz CT molecular complexity index is 542. The van der Waals surface area contributed by atoms with Gasteiger partial charge < -0.3 is 15.2 Å². The number of benzene rings is 1. The average molecular weight is 362 g/mol. The van der Waals surface area contributed by atoms with E-state index in [1.165, 1.54) is 12.1 Å². The highest BCUT2D eigenvalue weighted by Gasteiger charge is 2.32. The summed E-state index contributed by atoms with van der Waals surface area (Å²) in [6.07, 6.45) is 0. The predicted octanol–water partition coefficient (Wildman–Crippen LogP) is 2.58. The van der Waals surface area contributed by atoms with Crippen LogP contribution in [0.15, 0.2) is 22.7 Å². The molecule has 0 heterocycles. The average Bonchev–Trinajstić information content (AvgIpc) is 2.33. The van der Waals surface area contributed by atoms with Gasteiger partial charge >= 0.3 is 5.97 Å². The molecule has 0 aromatic heterocycles. The number of aliphatic carboxylic acids is 1. The minimum Gasteiger partial charge on any atom is -0.481 e. The van der Waals surface area contributed by atoms with E-state index < -0.39 is 35.8 Å². The lowest BCUT2D eigenvalue weighted by Crippen LogP contribution is -2.50. The monoisotopic (exact) mass is 361 g/mol. The van der Waals surface area contributed by atoms with Gasteiger partial charge in [-0.25, -0.2) is 9.18 Å². The topological polar surface area (TPSA) is 75.6 Å². The minimum absolute atomic E-state index is 0.0732. The SMILES string of the molecule is CC(C)(C)C(NC(=O)COc1ccc(Br)cc1F)C(=O)O. The molecule has 1 aromatic carbocycles. The van der Waals surface area contributed by atoms with E-state index >= 15 is 0 Å². The van der Waals surface area contributed by atoms with Gasteiger partial charge in [0, 0.05) is 4.47 Å². The van der Waals surface area contributed by atoms with Crippen molar-refractivity contribution in [1.82, 2.24) is 5.32 Å². The van der Waals surface area contributed by atoms with Crippen molar-refractivity contribution in [3.05, 3.63) is 28.5 Å². The van der Waals surface area contributed by atoms with Gasteiger partial charge in [-0.2, -0.15) is 0 Å². The quantitative estimate of drug-likeness (QED) is 0.844. The zero-order chi connectivity index (χ0) is 16.2. The highest BCUT2D eigenvalue weighted by molar-refractivity contribution is 9.10. The number of carbonyl (C=O) groups is 2. The lowest BCUT2D eigenvalue weighted by molar-refractivity contribution is -0.145. The van der Waals surface area contributed by atoms with Gasteiger partial charge in [0.15, 0.2) is 18.2 Å². The van der Waals surface area contributed by atoms with E-state index in [-0.39, 0.29) is 5.75 Å². The van der Waals surface area contributed by atoms with Crippen molar-refractivity contribution < 1.29 is 23.8 Å². The standard InChI is InChI=1S/C14H17BrFNO4/c1-14(2,3)12(13(19)20)17-11(18)7-21-10-5-4-8(15)6-9(10)16/h4-6,12H,7H2,1-3H3,(H,17,18)(H,19,20). The Morgan fingerprint density at radius 2 is 2.05 bits per heavy atom. The van der Waals surface area contributed by atoms with Crippen LogP contribution in [0.4, 0.5) is 4.39 Å². The number of halogens is 2. The van der Waals surface area contributed by atoms with Crippen molar-refractivity contribution in [2.24, 2.45) is 5.41 Å². The van der Waals surface area contributed by atoms with Gasteiger partial charge in [-0.15, -0.1) is 0 Å². The zero-order valence-corrected chi connectivity index (χ0v) is 13.5. The smallest absolute Gasteiger partial charge is 0.326 e. The van der Waals surface area contributed by atoms with E-state index in [1.54, 1.807) is 26.8 Å². The van der Waals surface area contributed by atoms with Crippen molar-refractivity contribution in [2.75, 3.05) is 6.61 Å². The molecule has 116 valence electrons. The molecule has 5 nitrogen and oxygen atoms in total. The van der Waals surface area contributed by atoms with Crippen LogP contribution in [0.3, 0.4) is 0 Å². The van der Waals surface area contributed by atoms with Gasteiger partial charge in [0.05, 0.1) is 0 Å². The molecule has 2 N–H and O–H groups in total. The molecule has 1 atom stereocenters. The molecule has 0 fully saturated rings. The van der Waals surface area contributed by atoms with E-state index in [1.807, 2.05) is 0 Å². The molecule has 1 aromatic rings. The molecule has 1 unspecified atom stereocenters. The Morgan fingerprint density at radius 3 is 2.52 bits per heavy atom. The summed E-state index contributed by atoms with van der Waals surface area (Å²) in [4.78, 5) is 22.9. The van der Waals surface area contributed by atoms with Gasteiger partial charge in [0.1, 0.15) is 6.04 Å². The van der Waals surface area contributed by atoms with Crippen LogP contribution < -0.4 is 10.1 Å². The Hall–Kier alpha value is -1.63. The number of nitrogens with one attached hydrogen (secondary N) is 1. The van der Waals surface area contributed by atoms with Crippen molar-refractivity contribution in [1.29, 1.82) is 0 Å². The molecule has 21 heavy (non-hydrogen) atoms. The second kappa shape index (κ2) is 6.89. The Labute approximate surface area is 130 Å². The fraction of sp³-hybridized carbons (Fsp3) is 0.429. The van der Waals surface area contributed by atoms with Gasteiger partial charge in [-0.1, -0.05) is 36.7 Å². The van der Waals surface area contributed by atoms with Gasteiger partial charge in [-0.3, -0.25) is 4.79 Å². The second-order valence-corrected chi connectivity index (χ2v) is 6.48. The number of carboxylic acid groups (broad SMARTS) is 1. The number of carboxylic acids is 1. The number of rotatable bonds is 5. The number of ether oxygens (including phenoxy) is 1. The molecule has 0 saturated heterocycles. The van der Waals surface area contributed by atoms with Crippen LogP contribution in [0.2, 0.25) is 0 Å². The Balaban J connectivity index is 2.63. The fourth-order valence-electron chi connectivity index (χ4n) is 1.59. The molecule has 1 amide bonds. The Morgan fingerprint density at radius 1 is 1.43 bits per heavy atom. The number of amides is 1. The molecule has 7 heteroatoms. The molecule has 0 saturated carbocycles. The maximum absolute atomic E-state index is 13.5. The van der Waals surface area contributed by atoms with Crippen molar-refractivity contribution >= 4 is 27.8 Å². The molecule has 0 spiro atoms. The predicted molar refractivity (Wildman–Crippen MR) is 78.6 cm³/mol. The maximum Gasteiger partial charge on any atom is 0.326 e. The van der Waals surface area contributed by atoms with Gasteiger partial charge in [0.25, 0.3) is 5.91 Å². The van der Waals surface area contributed by atoms with Crippen LogP contribution in [0, 0.1) is 11.2 Å². The second-order valence-electron chi connectivity index (χ2n) is 5.57. The molecular weight excluding hydrogens is 345 g/mol. The summed E-state index contributed by atoms with van der Waals surface area (Å²) in [6.45, 7) is 4.63. The minimum atomic E-state index is -1.13. The van der Waals surface area contributed by atoms with Crippen LogP contribution >= 0.6 is 15.9 Å². The molecular formula is C14H17BrFNO4. The first-order chi connectivity index (χ1) is 9.61. The third-order valence-corrected chi connectivity index (χ3v) is 3.16. The number of carbonyl (C=O) groups excluding carboxylic acids is 1. The molecule has 0 aliphatic rings. The molecule has 1 rings (SSSR count). The third-order valence-electron chi connectivity index (χ3n) is 2.67. The summed E-state index contributed by atoms with van der Waals surface area (Å²) in [5.41, 5.74) is -0.648. The van der Waals surface area contributed by atoms with Crippen LogP contribution in [0.1, 0.15) is 20.8 Å². The molecule has 0 aliphatic heterocycles. The van der Waals surface area contributed by atoms with E-state index in [4.69, 9.17) is 9.84 Å². The molecule has 0 bridgehead atoms. The summed E-state index contributed by atoms with van der Waals surface area (Å²) < 4.78 is 19.1. The van der Waals surface area contributed by atoms with E-state index in [0.717, 1.165) is 0 Å². The Kier molecular flexibility index (Phi) is 5.71. The summed E-state index contributed by atoms with van der Waals surface area (Å²) in [5.74, 6) is -2.44. The first-order valence-electron chi connectivity index (χ1n) is 6.21. The maximum atomic E-state index is 13.5. The molecule has 0 radical (unpaired) electrons. The number of hydrogen-bond acceptors (Lipinski definition) is 3. The summed E-state index contributed by atoms with van der Waals surface area (Å²) in [7, 11) is 0. The summed E-state index contributed by atoms with van der Waals surface area (Å²) in [6, 6.07) is 3.11. The zero-order valence-electron chi connectivity index (χ0n) is 11.9. The highest BCUT2D eigenvalue weighted by atomic mass is 79.9. The lowest BCUT2D eigenvalue weighted by Gasteiger charge is -2.27. The van der Waals surface area contributed by atoms with E-state index in [9.17, 15) is 14.0 Å². The fourth-order valence-corrected chi connectivity index (χ4v) is 1.92. The number of hydrogen-bond donors (Lipinski definition) is 2. The van der Waals surface area contributed by atoms with Crippen LogP contribution in [-0.4, -0.2) is 29.6 Å². The lowest BCUT2D eigenvalue weighted by atomic mass is 9.87. The van der Waals surface area contributed by atoms with E-state index in [0.29, 0.717) is 4.47 Å². The third kappa shape index (κ3) is 5.34. The van der Waals surface area contributed by atoms with Crippen molar-refractivity contribution in [3.8, 4) is 5.75 Å². The first-order valence-corrected chi connectivity index (χ1v) is 7.00. The normalized spacial score (nSPS) is 12.6. The molecule has 0 aliphatic carbocycles. The summed E-state index contributed by atoms with van der Waals surface area (Å²) in [5, 5.41) is 11.5. The largest absolute Gasteiger partial charge is 0.481 e. The van der Waals surface area contributed by atoms with Gasteiger partial charge in [0.2, 0.25) is 0 Å². The van der Waals surface area contributed by atoms with Crippen molar-refractivity contribution in [3.63, 3.8) is 0 Å². The summed E-state index contributed by atoms with van der Waals surface area (Å²) >= 11 is 3.11. The van der Waals surface area contributed by atoms with Crippen LogP contribution in [-0.2, 0) is 9.59 Å². The van der Waals surface area contributed by atoms with E-state index in [2.05, 4.69) is 21.2 Å². The highest BCUT2D eigenvalue weighted by Crippen LogP contribution is 2.22. The van der Waals surface area contributed by atoms with Crippen LogP contribution in [0.25, 0.3) is 0 Å². The van der Waals surface area contributed by atoms with Gasteiger partial charge in [-0.05, 0) is 23.6 Å². The first kappa shape index (κ1) is 17.4.